The fourth-order valence-electron chi connectivity index (χ4n) is 1.87. The van der Waals surface area contributed by atoms with Crippen molar-refractivity contribution in [2.75, 3.05) is 24.6 Å². The molecule has 2 nitrogen and oxygen atoms in total. The molecule has 0 spiro atoms. The molecule has 1 aromatic rings. The van der Waals surface area contributed by atoms with E-state index >= 15 is 0 Å². The van der Waals surface area contributed by atoms with E-state index in [2.05, 4.69) is 4.90 Å². The van der Waals surface area contributed by atoms with Gasteiger partial charge in [-0.05, 0) is 30.7 Å². The zero-order chi connectivity index (χ0) is 9.97. The van der Waals surface area contributed by atoms with Crippen molar-refractivity contribution in [3.8, 4) is 0 Å². The summed E-state index contributed by atoms with van der Waals surface area (Å²) >= 11 is 0. The maximum Gasteiger partial charge on any atom is 0.123 e. The number of halogens is 1. The van der Waals surface area contributed by atoms with Crippen molar-refractivity contribution in [2.45, 2.75) is 6.42 Å². The minimum atomic E-state index is -0.202. The van der Waals surface area contributed by atoms with Crippen molar-refractivity contribution >= 4 is 5.69 Å². The van der Waals surface area contributed by atoms with Crippen LogP contribution in [0.5, 0.6) is 0 Å². The molecule has 2 rings (SSSR count). The zero-order valence-electron chi connectivity index (χ0n) is 7.99. The molecule has 1 aliphatic heterocycles. The van der Waals surface area contributed by atoms with Crippen molar-refractivity contribution in [1.29, 1.82) is 0 Å². The summed E-state index contributed by atoms with van der Waals surface area (Å²) in [5, 5.41) is 8.99. The van der Waals surface area contributed by atoms with Crippen LogP contribution >= 0.6 is 0 Å². The molecule has 14 heavy (non-hydrogen) atoms. The van der Waals surface area contributed by atoms with Crippen LogP contribution in [0.3, 0.4) is 0 Å². The molecule has 0 aromatic heterocycles. The van der Waals surface area contributed by atoms with Crippen LogP contribution in [0.1, 0.15) is 6.42 Å². The highest BCUT2D eigenvalue weighted by molar-refractivity contribution is 5.47. The van der Waals surface area contributed by atoms with Crippen LogP contribution in [-0.4, -0.2) is 24.8 Å². The van der Waals surface area contributed by atoms with E-state index in [-0.39, 0.29) is 12.4 Å². The van der Waals surface area contributed by atoms with Crippen LogP contribution in [-0.2, 0) is 0 Å². The summed E-state index contributed by atoms with van der Waals surface area (Å²) in [4.78, 5) is 2.18. The Morgan fingerprint density at radius 1 is 1.36 bits per heavy atom. The Morgan fingerprint density at radius 3 is 2.64 bits per heavy atom. The van der Waals surface area contributed by atoms with Crippen molar-refractivity contribution in [3.05, 3.63) is 30.1 Å². The molecular formula is C11H14FNO. The lowest BCUT2D eigenvalue weighted by Crippen LogP contribution is -2.20. The first-order valence-electron chi connectivity index (χ1n) is 4.91. The normalized spacial score (nSPS) is 21.6. The molecule has 1 unspecified atom stereocenters. The molecule has 3 heteroatoms. The number of hydrogen-bond acceptors (Lipinski definition) is 2. The number of nitrogens with zero attached hydrogens (tertiary/aromatic N) is 1. The van der Waals surface area contributed by atoms with Crippen LogP contribution in [0.4, 0.5) is 10.1 Å². The molecule has 1 N–H and O–H groups in total. The van der Waals surface area contributed by atoms with Gasteiger partial charge in [-0.25, -0.2) is 4.39 Å². The van der Waals surface area contributed by atoms with E-state index in [0.29, 0.717) is 5.92 Å². The van der Waals surface area contributed by atoms with Gasteiger partial charge >= 0.3 is 0 Å². The standard InChI is InChI=1S/C11H14FNO/c12-10-1-3-11(4-2-10)13-6-5-9(7-13)8-14/h1-4,9,14H,5-8H2. The Kier molecular flexibility index (Phi) is 2.68. The maximum absolute atomic E-state index is 12.7. The highest BCUT2D eigenvalue weighted by Gasteiger charge is 2.21. The van der Waals surface area contributed by atoms with E-state index in [1.807, 2.05) is 0 Å². The lowest BCUT2D eigenvalue weighted by Gasteiger charge is -2.18. The largest absolute Gasteiger partial charge is 0.396 e. The van der Waals surface area contributed by atoms with Crippen LogP contribution < -0.4 is 4.90 Å². The van der Waals surface area contributed by atoms with Crippen molar-refractivity contribution in [3.63, 3.8) is 0 Å². The van der Waals surface area contributed by atoms with E-state index in [1.165, 1.54) is 12.1 Å². The average Bonchev–Trinajstić information content (AvgIpc) is 2.67. The van der Waals surface area contributed by atoms with Crippen LogP contribution in [0.15, 0.2) is 24.3 Å². The lowest BCUT2D eigenvalue weighted by molar-refractivity contribution is 0.238. The number of benzene rings is 1. The van der Waals surface area contributed by atoms with Crippen LogP contribution in [0.2, 0.25) is 0 Å². The highest BCUT2D eigenvalue weighted by atomic mass is 19.1. The summed E-state index contributed by atoms with van der Waals surface area (Å²) < 4.78 is 12.7. The monoisotopic (exact) mass is 195 g/mol. The quantitative estimate of drug-likeness (QED) is 0.775. The van der Waals surface area contributed by atoms with Crippen LogP contribution in [0, 0.1) is 11.7 Å². The third-order valence-electron chi connectivity index (χ3n) is 2.74. The average molecular weight is 195 g/mol. The number of aliphatic hydroxyl groups is 1. The molecule has 1 saturated heterocycles. The van der Waals surface area contributed by atoms with Crippen molar-refractivity contribution < 1.29 is 9.50 Å². The highest BCUT2D eigenvalue weighted by Crippen LogP contribution is 2.23. The first-order valence-corrected chi connectivity index (χ1v) is 4.91. The van der Waals surface area contributed by atoms with Crippen molar-refractivity contribution in [2.24, 2.45) is 5.92 Å². The van der Waals surface area contributed by atoms with E-state index in [1.54, 1.807) is 12.1 Å². The smallest absolute Gasteiger partial charge is 0.123 e. The second-order valence-electron chi connectivity index (χ2n) is 3.76. The van der Waals surface area contributed by atoms with E-state index in [4.69, 9.17) is 5.11 Å². The van der Waals surface area contributed by atoms with Gasteiger partial charge in [-0.15, -0.1) is 0 Å². The summed E-state index contributed by atoms with van der Waals surface area (Å²) in [6.45, 7) is 2.08. The van der Waals surface area contributed by atoms with Gasteiger partial charge in [0, 0.05) is 31.3 Å². The number of anilines is 1. The van der Waals surface area contributed by atoms with Gasteiger partial charge in [0.25, 0.3) is 0 Å². The molecule has 0 amide bonds. The second kappa shape index (κ2) is 3.96. The minimum Gasteiger partial charge on any atom is -0.396 e. The van der Waals surface area contributed by atoms with E-state index in [0.717, 1.165) is 25.2 Å². The first-order chi connectivity index (χ1) is 6.79. The Labute approximate surface area is 83.0 Å². The molecule has 76 valence electrons. The van der Waals surface area contributed by atoms with Gasteiger partial charge in [0.05, 0.1) is 0 Å². The Bertz CT molecular complexity index is 299. The molecule has 1 aliphatic rings. The van der Waals surface area contributed by atoms with E-state index in [9.17, 15) is 4.39 Å². The fourth-order valence-corrected chi connectivity index (χ4v) is 1.87. The third kappa shape index (κ3) is 1.87. The molecule has 1 aromatic carbocycles. The summed E-state index contributed by atoms with van der Waals surface area (Å²) in [7, 11) is 0. The summed E-state index contributed by atoms with van der Waals surface area (Å²) in [5.74, 6) is 0.173. The predicted octanol–water partition coefficient (Wildman–Crippen LogP) is 1.64. The fraction of sp³-hybridized carbons (Fsp3) is 0.455. The SMILES string of the molecule is OCC1CCN(c2ccc(F)cc2)C1. The van der Waals surface area contributed by atoms with Gasteiger partial charge < -0.3 is 10.0 Å². The van der Waals surface area contributed by atoms with Crippen LogP contribution in [0.25, 0.3) is 0 Å². The first kappa shape index (κ1) is 9.46. The van der Waals surface area contributed by atoms with Gasteiger partial charge in [-0.1, -0.05) is 0 Å². The summed E-state index contributed by atoms with van der Waals surface area (Å²) in [6.07, 6.45) is 1.02. The van der Waals surface area contributed by atoms with Gasteiger partial charge in [0.1, 0.15) is 5.82 Å². The molecule has 0 radical (unpaired) electrons. The lowest BCUT2D eigenvalue weighted by atomic mass is 10.1. The molecular weight excluding hydrogens is 181 g/mol. The Morgan fingerprint density at radius 2 is 2.07 bits per heavy atom. The molecule has 1 atom stereocenters. The van der Waals surface area contributed by atoms with E-state index < -0.39 is 0 Å². The molecule has 0 aliphatic carbocycles. The molecule has 1 fully saturated rings. The molecule has 1 heterocycles. The molecule has 0 saturated carbocycles. The Balaban J connectivity index is 2.06. The van der Waals surface area contributed by atoms with Crippen molar-refractivity contribution in [1.82, 2.24) is 0 Å². The summed E-state index contributed by atoms with van der Waals surface area (Å²) in [6, 6.07) is 6.52. The Hall–Kier alpha value is -1.09. The van der Waals surface area contributed by atoms with Gasteiger partial charge in [0.2, 0.25) is 0 Å². The summed E-state index contributed by atoms with van der Waals surface area (Å²) in [5.41, 5.74) is 1.04. The number of aliphatic hydroxyl groups excluding tert-OH is 1. The second-order valence-corrected chi connectivity index (χ2v) is 3.76. The molecule has 0 bridgehead atoms. The van der Waals surface area contributed by atoms with Gasteiger partial charge in [-0.3, -0.25) is 0 Å². The maximum atomic E-state index is 12.7. The minimum absolute atomic E-state index is 0.202. The topological polar surface area (TPSA) is 23.5 Å². The number of hydrogen-bond donors (Lipinski definition) is 1. The third-order valence-corrected chi connectivity index (χ3v) is 2.74. The predicted molar refractivity (Wildman–Crippen MR) is 53.8 cm³/mol. The number of rotatable bonds is 2. The zero-order valence-corrected chi connectivity index (χ0v) is 7.99. The van der Waals surface area contributed by atoms with Gasteiger partial charge in [-0.2, -0.15) is 0 Å². The van der Waals surface area contributed by atoms with Gasteiger partial charge in [0.15, 0.2) is 0 Å².